The second kappa shape index (κ2) is 8.98. The lowest BCUT2D eigenvalue weighted by molar-refractivity contribution is 0.602. The Morgan fingerprint density at radius 2 is 1.97 bits per heavy atom. The normalized spacial score (nSPS) is 11.2. The summed E-state index contributed by atoms with van der Waals surface area (Å²) in [5.41, 5.74) is 7.20. The number of nitrogens with two attached hydrogens (primary N) is 1. The van der Waals surface area contributed by atoms with Crippen LogP contribution in [0.3, 0.4) is 0 Å². The molecule has 30 heavy (non-hydrogen) atoms. The van der Waals surface area contributed by atoms with Crippen LogP contribution < -0.4 is 27.4 Å². The molecule has 0 saturated heterocycles. The van der Waals surface area contributed by atoms with Gasteiger partial charge in [-0.05, 0) is 38.8 Å². The number of fused-ring (bicyclic) bond motifs is 1. The number of aromatic amines is 1. The summed E-state index contributed by atoms with van der Waals surface area (Å²) in [6.07, 6.45) is 3.77. The maximum absolute atomic E-state index is 12.9. The maximum atomic E-state index is 12.9. The maximum Gasteiger partial charge on any atom is 0.330 e. The van der Waals surface area contributed by atoms with Gasteiger partial charge < -0.3 is 10.6 Å². The summed E-state index contributed by atoms with van der Waals surface area (Å²) in [7, 11) is 0. The first-order valence-corrected chi connectivity index (χ1v) is 10.2. The van der Waals surface area contributed by atoms with Crippen LogP contribution in [0.15, 0.2) is 38.8 Å². The Hall–Kier alpha value is -3.36. The fourth-order valence-corrected chi connectivity index (χ4v) is 3.62. The first-order valence-electron chi connectivity index (χ1n) is 10.2. The van der Waals surface area contributed by atoms with Crippen LogP contribution in [0.1, 0.15) is 37.9 Å². The van der Waals surface area contributed by atoms with Crippen LogP contribution in [0, 0.1) is 6.92 Å². The highest BCUT2D eigenvalue weighted by molar-refractivity contribution is 5.62. The van der Waals surface area contributed by atoms with Crippen molar-refractivity contribution >= 4 is 17.2 Å². The minimum absolute atomic E-state index is 0.121. The van der Waals surface area contributed by atoms with E-state index in [-0.39, 0.29) is 17.1 Å². The van der Waals surface area contributed by atoms with Crippen molar-refractivity contribution in [3.8, 4) is 0 Å². The highest BCUT2D eigenvalue weighted by atomic mass is 16.2. The molecule has 0 aliphatic heterocycles. The molecule has 160 valence electrons. The summed E-state index contributed by atoms with van der Waals surface area (Å²) < 4.78 is 2.92. The summed E-state index contributed by atoms with van der Waals surface area (Å²) in [5.74, 6) is 0.157. The van der Waals surface area contributed by atoms with Crippen molar-refractivity contribution in [3.05, 3.63) is 66.8 Å². The molecule has 3 rings (SSSR count). The number of rotatable bonds is 8. The molecule has 3 aromatic rings. The van der Waals surface area contributed by atoms with E-state index in [2.05, 4.69) is 9.97 Å². The van der Waals surface area contributed by atoms with E-state index in [1.54, 1.807) is 23.2 Å². The average molecular weight is 412 g/mol. The highest BCUT2D eigenvalue weighted by Crippen LogP contribution is 2.17. The Kier molecular flexibility index (Phi) is 6.39. The zero-order chi connectivity index (χ0) is 21.8. The summed E-state index contributed by atoms with van der Waals surface area (Å²) >= 11 is 0. The standard InChI is InChI=1S/C21H28N6O3/c1-4-6-11-27-18(22)17(19(28)24-21(27)30)25(5-2)13-10-15-14(3)23-16-9-7-8-12-26(16)20(15)29/h7-9,12H,4-6,10-11,13,22H2,1-3H3,(H,24,28,30). The molecular formula is C21H28N6O3. The molecule has 3 heterocycles. The molecular weight excluding hydrogens is 384 g/mol. The third-order valence-electron chi connectivity index (χ3n) is 5.31. The first-order chi connectivity index (χ1) is 14.4. The van der Waals surface area contributed by atoms with E-state index < -0.39 is 11.2 Å². The third kappa shape index (κ3) is 4.00. The number of anilines is 2. The van der Waals surface area contributed by atoms with Gasteiger partial charge in [0, 0.05) is 37.1 Å². The van der Waals surface area contributed by atoms with E-state index >= 15 is 0 Å². The van der Waals surface area contributed by atoms with E-state index in [1.165, 1.54) is 8.97 Å². The fourth-order valence-electron chi connectivity index (χ4n) is 3.62. The van der Waals surface area contributed by atoms with E-state index in [4.69, 9.17) is 5.73 Å². The van der Waals surface area contributed by atoms with Gasteiger partial charge in [0.1, 0.15) is 17.2 Å². The van der Waals surface area contributed by atoms with Crippen LogP contribution in [0.4, 0.5) is 11.5 Å². The quantitative estimate of drug-likeness (QED) is 0.576. The summed E-state index contributed by atoms with van der Waals surface area (Å²) in [4.78, 5) is 46.3. The molecule has 0 radical (unpaired) electrons. The van der Waals surface area contributed by atoms with Crippen molar-refractivity contribution in [2.45, 2.75) is 46.6 Å². The van der Waals surface area contributed by atoms with Crippen LogP contribution in [0.25, 0.3) is 5.65 Å². The number of nitrogens with zero attached hydrogens (tertiary/aromatic N) is 4. The largest absolute Gasteiger partial charge is 0.383 e. The van der Waals surface area contributed by atoms with Gasteiger partial charge in [-0.2, -0.15) is 0 Å². The monoisotopic (exact) mass is 412 g/mol. The summed E-state index contributed by atoms with van der Waals surface area (Å²) in [6.45, 7) is 7.07. The Labute approximate surface area is 173 Å². The molecule has 9 nitrogen and oxygen atoms in total. The second-order valence-corrected chi connectivity index (χ2v) is 7.24. The topological polar surface area (TPSA) is 118 Å². The van der Waals surface area contributed by atoms with Crippen LogP contribution in [-0.2, 0) is 13.0 Å². The molecule has 3 N–H and O–H groups in total. The van der Waals surface area contributed by atoms with Crippen LogP contribution >= 0.6 is 0 Å². The summed E-state index contributed by atoms with van der Waals surface area (Å²) in [6, 6.07) is 5.41. The van der Waals surface area contributed by atoms with Crippen molar-refractivity contribution in [1.29, 1.82) is 0 Å². The lowest BCUT2D eigenvalue weighted by Gasteiger charge is -2.25. The SMILES string of the molecule is CCCCn1c(N)c(N(CC)CCc2c(C)nc3ccccn3c2=O)c(=O)[nH]c1=O. The predicted octanol–water partition coefficient (Wildman–Crippen LogP) is 1.30. The molecule has 0 aliphatic rings. The van der Waals surface area contributed by atoms with Gasteiger partial charge in [-0.25, -0.2) is 9.78 Å². The molecule has 0 aliphatic carbocycles. The van der Waals surface area contributed by atoms with Gasteiger partial charge in [0.2, 0.25) is 0 Å². The molecule has 0 bridgehead atoms. The van der Waals surface area contributed by atoms with Crippen molar-refractivity contribution in [1.82, 2.24) is 18.9 Å². The molecule has 0 unspecified atom stereocenters. The number of hydrogen-bond donors (Lipinski definition) is 2. The van der Waals surface area contributed by atoms with Gasteiger partial charge in [-0.1, -0.05) is 19.4 Å². The van der Waals surface area contributed by atoms with E-state index in [0.29, 0.717) is 43.0 Å². The number of unbranched alkanes of at least 4 members (excludes halogenated alkanes) is 1. The smallest absolute Gasteiger partial charge is 0.330 e. The Morgan fingerprint density at radius 1 is 1.20 bits per heavy atom. The van der Waals surface area contributed by atoms with Crippen molar-refractivity contribution in [2.75, 3.05) is 23.7 Å². The predicted molar refractivity (Wildman–Crippen MR) is 118 cm³/mol. The van der Waals surface area contributed by atoms with Gasteiger partial charge in [-0.3, -0.25) is 23.5 Å². The van der Waals surface area contributed by atoms with Gasteiger partial charge in [0.15, 0.2) is 0 Å². The van der Waals surface area contributed by atoms with Crippen LogP contribution in [0.5, 0.6) is 0 Å². The molecule has 9 heteroatoms. The fraction of sp³-hybridized carbons (Fsp3) is 0.429. The highest BCUT2D eigenvalue weighted by Gasteiger charge is 2.19. The minimum Gasteiger partial charge on any atom is -0.383 e. The van der Waals surface area contributed by atoms with Gasteiger partial charge >= 0.3 is 5.69 Å². The lowest BCUT2D eigenvalue weighted by atomic mass is 10.1. The second-order valence-electron chi connectivity index (χ2n) is 7.24. The number of nitrogens with one attached hydrogen (secondary N) is 1. The summed E-state index contributed by atoms with van der Waals surface area (Å²) in [5, 5.41) is 0. The molecule has 0 spiro atoms. The molecule has 0 fully saturated rings. The lowest BCUT2D eigenvalue weighted by Crippen LogP contribution is -2.39. The number of aryl methyl sites for hydroxylation is 1. The first kappa shape index (κ1) is 21.4. The van der Waals surface area contributed by atoms with Crippen molar-refractivity contribution < 1.29 is 0 Å². The van der Waals surface area contributed by atoms with Gasteiger partial charge in [-0.15, -0.1) is 0 Å². The number of likely N-dealkylation sites (N-methyl/N-ethyl adjacent to an activating group) is 1. The Balaban J connectivity index is 1.96. The molecule has 0 aromatic carbocycles. The zero-order valence-electron chi connectivity index (χ0n) is 17.6. The molecule has 3 aromatic heterocycles. The van der Waals surface area contributed by atoms with Crippen LogP contribution in [-0.4, -0.2) is 32.0 Å². The average Bonchev–Trinajstić information content (AvgIpc) is 2.71. The third-order valence-corrected chi connectivity index (χ3v) is 5.31. The van der Waals surface area contributed by atoms with Crippen LogP contribution in [0.2, 0.25) is 0 Å². The number of nitrogen functional groups attached to an aromatic ring is 1. The molecule has 0 saturated carbocycles. The van der Waals surface area contributed by atoms with Crippen molar-refractivity contribution in [3.63, 3.8) is 0 Å². The number of hydrogen-bond acceptors (Lipinski definition) is 6. The van der Waals surface area contributed by atoms with E-state index in [1.807, 2.05) is 26.8 Å². The Bertz CT molecular complexity index is 1220. The zero-order valence-corrected chi connectivity index (χ0v) is 17.6. The number of H-pyrrole nitrogens is 1. The van der Waals surface area contributed by atoms with E-state index in [0.717, 1.165) is 12.8 Å². The number of aromatic nitrogens is 4. The van der Waals surface area contributed by atoms with Gasteiger partial charge in [0.25, 0.3) is 11.1 Å². The molecule has 0 atom stereocenters. The van der Waals surface area contributed by atoms with E-state index in [9.17, 15) is 14.4 Å². The van der Waals surface area contributed by atoms with Crippen molar-refractivity contribution in [2.24, 2.45) is 0 Å². The minimum atomic E-state index is -0.517. The Morgan fingerprint density at radius 3 is 2.67 bits per heavy atom. The number of pyridine rings is 1. The van der Waals surface area contributed by atoms with Gasteiger partial charge in [0.05, 0.1) is 0 Å². The molecule has 0 amide bonds.